The Morgan fingerprint density at radius 3 is 2.57 bits per heavy atom. The summed E-state index contributed by atoms with van der Waals surface area (Å²) in [6.07, 6.45) is 3.81. The number of hydrogen-bond donors (Lipinski definition) is 1. The van der Waals surface area contributed by atoms with E-state index in [4.69, 9.17) is 0 Å². The summed E-state index contributed by atoms with van der Waals surface area (Å²) < 4.78 is 14.2. The number of nitrogens with zero attached hydrogens (tertiary/aromatic N) is 1. The molecule has 3 heteroatoms. The van der Waals surface area contributed by atoms with E-state index in [0.717, 1.165) is 10.8 Å². The summed E-state index contributed by atoms with van der Waals surface area (Å²) in [5, 5.41) is 13.0. The molecule has 3 aromatic rings. The number of rotatable bonds is 3. The van der Waals surface area contributed by atoms with E-state index in [0.29, 0.717) is 17.5 Å². The fraction of sp³-hybridized carbons (Fsp3) is 0.167. The molecule has 2 aromatic carbocycles. The van der Waals surface area contributed by atoms with Gasteiger partial charge in [0, 0.05) is 23.3 Å². The summed E-state index contributed by atoms with van der Waals surface area (Å²) in [6, 6.07) is 13.9. The monoisotopic (exact) mass is 281 g/mol. The quantitative estimate of drug-likeness (QED) is 0.786. The number of aromatic nitrogens is 1. The standard InChI is InChI=1S/C18H16FNO/c1-2-18(21,16-7-3-4-9-17(16)19)15-8-5-6-13-12-20-11-10-14(13)15/h3-12,21H,2H2,1H3. The van der Waals surface area contributed by atoms with Crippen LogP contribution in [0.2, 0.25) is 0 Å². The molecule has 1 unspecified atom stereocenters. The molecule has 0 aliphatic rings. The zero-order valence-corrected chi connectivity index (χ0v) is 11.8. The highest BCUT2D eigenvalue weighted by Crippen LogP contribution is 2.37. The third kappa shape index (κ3) is 2.20. The van der Waals surface area contributed by atoms with Crippen LogP contribution in [0.4, 0.5) is 4.39 Å². The van der Waals surface area contributed by atoms with E-state index in [1.807, 2.05) is 31.2 Å². The van der Waals surface area contributed by atoms with Gasteiger partial charge >= 0.3 is 0 Å². The molecule has 21 heavy (non-hydrogen) atoms. The van der Waals surface area contributed by atoms with Gasteiger partial charge in [0.05, 0.1) is 0 Å². The van der Waals surface area contributed by atoms with Crippen molar-refractivity contribution in [1.82, 2.24) is 4.98 Å². The van der Waals surface area contributed by atoms with Gasteiger partial charge in [0.2, 0.25) is 0 Å². The van der Waals surface area contributed by atoms with E-state index >= 15 is 0 Å². The first-order chi connectivity index (χ1) is 10.2. The molecule has 2 nitrogen and oxygen atoms in total. The summed E-state index contributed by atoms with van der Waals surface area (Å²) >= 11 is 0. The molecular formula is C18H16FNO. The Kier molecular flexibility index (Phi) is 3.43. The molecule has 0 fully saturated rings. The summed E-state index contributed by atoms with van der Waals surface area (Å²) in [5.74, 6) is -0.395. The number of aliphatic hydroxyl groups is 1. The number of hydrogen-bond acceptors (Lipinski definition) is 2. The Balaban J connectivity index is 2.30. The zero-order chi connectivity index (χ0) is 14.9. The molecule has 0 saturated heterocycles. The van der Waals surface area contributed by atoms with Crippen molar-refractivity contribution in [1.29, 1.82) is 0 Å². The molecule has 0 amide bonds. The Morgan fingerprint density at radius 2 is 1.81 bits per heavy atom. The lowest BCUT2D eigenvalue weighted by atomic mass is 9.81. The van der Waals surface area contributed by atoms with Crippen molar-refractivity contribution in [2.45, 2.75) is 18.9 Å². The lowest BCUT2D eigenvalue weighted by Crippen LogP contribution is -2.28. The second-order valence-corrected chi connectivity index (χ2v) is 5.10. The van der Waals surface area contributed by atoms with Crippen molar-refractivity contribution in [2.24, 2.45) is 0 Å². The van der Waals surface area contributed by atoms with E-state index in [-0.39, 0.29) is 0 Å². The molecular weight excluding hydrogens is 265 g/mol. The molecule has 106 valence electrons. The Bertz CT molecular complexity index is 782. The van der Waals surface area contributed by atoms with Crippen molar-refractivity contribution in [3.63, 3.8) is 0 Å². The summed E-state index contributed by atoms with van der Waals surface area (Å²) in [7, 11) is 0. The number of pyridine rings is 1. The van der Waals surface area contributed by atoms with Gasteiger partial charge in [-0.15, -0.1) is 0 Å². The number of benzene rings is 2. The normalized spacial score (nSPS) is 14.0. The van der Waals surface area contributed by atoms with Crippen LogP contribution in [0.15, 0.2) is 60.9 Å². The highest BCUT2D eigenvalue weighted by Gasteiger charge is 2.33. The smallest absolute Gasteiger partial charge is 0.129 e. The summed E-state index contributed by atoms with van der Waals surface area (Å²) in [6.45, 7) is 1.85. The van der Waals surface area contributed by atoms with Gasteiger partial charge in [0.15, 0.2) is 0 Å². The average Bonchev–Trinajstić information content (AvgIpc) is 2.54. The number of halogens is 1. The second kappa shape index (κ2) is 5.26. The molecule has 0 aliphatic carbocycles. The summed E-state index contributed by atoms with van der Waals surface area (Å²) in [5.41, 5.74) is -0.349. The SMILES string of the molecule is CCC(O)(c1ccccc1F)c1cccc2cnccc12. The maximum absolute atomic E-state index is 14.2. The van der Waals surface area contributed by atoms with Crippen molar-refractivity contribution in [2.75, 3.05) is 0 Å². The van der Waals surface area contributed by atoms with Gasteiger partial charge in [-0.05, 0) is 29.5 Å². The van der Waals surface area contributed by atoms with Crippen LogP contribution in [0.3, 0.4) is 0 Å². The van der Waals surface area contributed by atoms with Gasteiger partial charge in [-0.1, -0.05) is 43.3 Å². The topological polar surface area (TPSA) is 33.1 Å². The van der Waals surface area contributed by atoms with E-state index in [1.54, 1.807) is 30.6 Å². The van der Waals surface area contributed by atoms with Crippen molar-refractivity contribution < 1.29 is 9.50 Å². The Hall–Kier alpha value is -2.26. The fourth-order valence-corrected chi connectivity index (χ4v) is 2.81. The summed E-state index contributed by atoms with van der Waals surface area (Å²) in [4.78, 5) is 4.10. The molecule has 1 atom stereocenters. The average molecular weight is 281 g/mol. The Morgan fingerprint density at radius 1 is 1.05 bits per heavy atom. The lowest BCUT2D eigenvalue weighted by molar-refractivity contribution is 0.0741. The third-order valence-corrected chi connectivity index (χ3v) is 3.96. The largest absolute Gasteiger partial charge is 0.380 e. The van der Waals surface area contributed by atoms with Crippen LogP contribution in [-0.4, -0.2) is 10.1 Å². The minimum atomic E-state index is -1.35. The maximum atomic E-state index is 14.2. The van der Waals surface area contributed by atoms with Crippen LogP contribution in [0.1, 0.15) is 24.5 Å². The molecule has 0 radical (unpaired) electrons. The van der Waals surface area contributed by atoms with Gasteiger partial charge < -0.3 is 5.11 Å². The minimum absolute atomic E-state index is 0.303. The Labute approximate surface area is 122 Å². The zero-order valence-electron chi connectivity index (χ0n) is 11.8. The second-order valence-electron chi connectivity index (χ2n) is 5.10. The molecule has 1 aromatic heterocycles. The van der Waals surface area contributed by atoms with Crippen LogP contribution < -0.4 is 0 Å². The van der Waals surface area contributed by atoms with Crippen molar-refractivity contribution >= 4 is 10.8 Å². The first kappa shape index (κ1) is 13.7. The molecule has 1 N–H and O–H groups in total. The van der Waals surface area contributed by atoms with Crippen LogP contribution in [0.5, 0.6) is 0 Å². The molecule has 0 aliphatic heterocycles. The van der Waals surface area contributed by atoms with Crippen LogP contribution in [0, 0.1) is 5.82 Å². The first-order valence-corrected chi connectivity index (χ1v) is 6.97. The predicted molar refractivity (Wildman–Crippen MR) is 81.4 cm³/mol. The lowest BCUT2D eigenvalue weighted by Gasteiger charge is -2.29. The van der Waals surface area contributed by atoms with Gasteiger partial charge in [-0.2, -0.15) is 0 Å². The van der Waals surface area contributed by atoms with Crippen LogP contribution in [0.25, 0.3) is 10.8 Å². The molecule has 0 bridgehead atoms. The van der Waals surface area contributed by atoms with Gasteiger partial charge in [0.25, 0.3) is 0 Å². The third-order valence-electron chi connectivity index (χ3n) is 3.96. The highest BCUT2D eigenvalue weighted by atomic mass is 19.1. The van der Waals surface area contributed by atoms with Gasteiger partial charge in [-0.3, -0.25) is 4.98 Å². The number of fused-ring (bicyclic) bond motifs is 1. The predicted octanol–water partition coefficient (Wildman–Crippen LogP) is 4.02. The van der Waals surface area contributed by atoms with Gasteiger partial charge in [-0.25, -0.2) is 4.39 Å². The van der Waals surface area contributed by atoms with E-state index < -0.39 is 11.4 Å². The van der Waals surface area contributed by atoms with Crippen molar-refractivity contribution in [3.05, 3.63) is 77.9 Å². The fourth-order valence-electron chi connectivity index (χ4n) is 2.81. The maximum Gasteiger partial charge on any atom is 0.129 e. The van der Waals surface area contributed by atoms with E-state index in [2.05, 4.69) is 4.98 Å². The highest BCUT2D eigenvalue weighted by molar-refractivity contribution is 5.86. The molecule has 3 rings (SSSR count). The van der Waals surface area contributed by atoms with E-state index in [9.17, 15) is 9.50 Å². The van der Waals surface area contributed by atoms with Crippen molar-refractivity contribution in [3.8, 4) is 0 Å². The van der Waals surface area contributed by atoms with Crippen LogP contribution in [-0.2, 0) is 5.60 Å². The first-order valence-electron chi connectivity index (χ1n) is 6.97. The van der Waals surface area contributed by atoms with Crippen LogP contribution >= 0.6 is 0 Å². The van der Waals surface area contributed by atoms with E-state index in [1.165, 1.54) is 6.07 Å². The van der Waals surface area contributed by atoms with Gasteiger partial charge in [0.1, 0.15) is 11.4 Å². The molecule has 1 heterocycles. The minimum Gasteiger partial charge on any atom is -0.380 e. The molecule has 0 spiro atoms. The molecule has 0 saturated carbocycles.